The molecule has 0 aromatic carbocycles. The van der Waals surface area contributed by atoms with Gasteiger partial charge in [-0.1, -0.05) is 0 Å². The Hall–Kier alpha value is -1.71. The first kappa shape index (κ1) is 20.3. The van der Waals surface area contributed by atoms with Gasteiger partial charge in [-0.15, -0.1) is 0 Å². The van der Waals surface area contributed by atoms with Crippen LogP contribution in [-0.4, -0.2) is 69.9 Å². The Labute approximate surface area is 139 Å². The minimum Gasteiger partial charge on any atom is -0.460 e. The largest absolute Gasteiger partial charge is 0.460 e. The summed E-state index contributed by atoms with van der Waals surface area (Å²) in [4.78, 5) is 34.6. The van der Waals surface area contributed by atoms with Crippen molar-refractivity contribution in [3.8, 4) is 0 Å². The van der Waals surface area contributed by atoms with Crippen LogP contribution in [0.15, 0.2) is 0 Å². The maximum Gasteiger partial charge on any atom is 0.334 e. The molecule has 138 valence electrons. The van der Waals surface area contributed by atoms with Gasteiger partial charge in [0.05, 0.1) is 0 Å². The lowest BCUT2D eigenvalue weighted by Crippen LogP contribution is -2.42. The lowest BCUT2D eigenvalue weighted by atomic mass is 9.92. The number of carbonyl (C=O) groups excluding carboxylic acids is 3. The molecule has 0 aromatic heterocycles. The Morgan fingerprint density at radius 2 is 0.875 bits per heavy atom. The summed E-state index contributed by atoms with van der Waals surface area (Å²) in [6.45, 7) is 3.75. The van der Waals surface area contributed by atoms with Gasteiger partial charge in [0.25, 0.3) is 0 Å². The van der Waals surface area contributed by atoms with Crippen molar-refractivity contribution in [2.75, 3.05) is 0 Å². The molecule has 0 radical (unpaired) electrons. The predicted molar refractivity (Wildman–Crippen MR) is 78.5 cm³/mol. The van der Waals surface area contributed by atoms with Crippen LogP contribution in [0.2, 0.25) is 0 Å². The fourth-order valence-electron chi connectivity index (χ4n) is 2.25. The zero-order chi connectivity index (χ0) is 18.4. The van der Waals surface area contributed by atoms with Crippen LogP contribution < -0.4 is 0 Å². The number of esters is 3. The van der Waals surface area contributed by atoms with Gasteiger partial charge in [0.2, 0.25) is 0 Å². The van der Waals surface area contributed by atoms with E-state index in [-0.39, 0.29) is 19.3 Å². The number of carbonyl (C=O) groups is 3. The molecule has 0 bridgehead atoms. The third-order valence-corrected chi connectivity index (χ3v) is 3.45. The molecule has 0 heterocycles. The average Bonchev–Trinajstić information content (AvgIpc) is 2.46. The maximum absolute atomic E-state index is 11.5. The van der Waals surface area contributed by atoms with Crippen LogP contribution in [0, 0.1) is 0 Å². The van der Waals surface area contributed by atoms with Gasteiger partial charge in [-0.2, -0.15) is 0 Å². The third kappa shape index (κ3) is 6.42. The third-order valence-electron chi connectivity index (χ3n) is 3.45. The van der Waals surface area contributed by atoms with Crippen LogP contribution in [-0.2, 0) is 28.6 Å². The Balaban J connectivity index is 2.75. The van der Waals surface area contributed by atoms with E-state index < -0.39 is 54.5 Å². The fraction of sp³-hybridized carbons (Fsp3) is 0.800. The van der Waals surface area contributed by atoms with E-state index in [9.17, 15) is 29.7 Å². The molecule has 3 atom stereocenters. The van der Waals surface area contributed by atoms with E-state index in [1.807, 2.05) is 0 Å². The molecule has 1 fully saturated rings. The van der Waals surface area contributed by atoms with E-state index in [0.29, 0.717) is 0 Å². The van der Waals surface area contributed by atoms with Crippen LogP contribution in [0.4, 0.5) is 0 Å². The minimum atomic E-state index is -1.32. The van der Waals surface area contributed by atoms with Crippen molar-refractivity contribution in [2.24, 2.45) is 0 Å². The lowest BCUT2D eigenvalue weighted by Gasteiger charge is -2.34. The highest BCUT2D eigenvalue weighted by Crippen LogP contribution is 2.27. The van der Waals surface area contributed by atoms with Gasteiger partial charge in [0.1, 0.15) is 36.6 Å². The van der Waals surface area contributed by atoms with E-state index in [1.165, 1.54) is 20.8 Å². The van der Waals surface area contributed by atoms with E-state index in [2.05, 4.69) is 0 Å². The molecule has 3 unspecified atom stereocenters. The van der Waals surface area contributed by atoms with Gasteiger partial charge >= 0.3 is 17.9 Å². The van der Waals surface area contributed by atoms with E-state index in [4.69, 9.17) is 14.2 Å². The van der Waals surface area contributed by atoms with Crippen LogP contribution in [0.25, 0.3) is 0 Å². The second-order valence-corrected chi connectivity index (χ2v) is 5.91. The Morgan fingerprint density at radius 3 is 1.04 bits per heavy atom. The first-order chi connectivity index (χ1) is 11.1. The molecule has 9 nitrogen and oxygen atoms in total. The van der Waals surface area contributed by atoms with E-state index in [0.717, 1.165) is 0 Å². The standard InChI is InChI=1S/C15H24O9/c1-7(16)13(19)22-10-4-11(23-14(20)8(2)17)6-12(5-10)24-15(21)9(3)18/h7-12,16-18H,4-6H2,1-3H3. The summed E-state index contributed by atoms with van der Waals surface area (Å²) in [6.07, 6.45) is -5.70. The van der Waals surface area contributed by atoms with Crippen molar-refractivity contribution in [1.29, 1.82) is 0 Å². The number of rotatable bonds is 6. The summed E-state index contributed by atoms with van der Waals surface area (Å²) >= 11 is 0. The molecule has 1 saturated carbocycles. The molecule has 1 aliphatic rings. The van der Waals surface area contributed by atoms with Crippen LogP contribution in [0.3, 0.4) is 0 Å². The van der Waals surface area contributed by atoms with Gasteiger partial charge in [-0.25, -0.2) is 14.4 Å². The zero-order valence-electron chi connectivity index (χ0n) is 13.9. The predicted octanol–water partition coefficient (Wildman–Crippen LogP) is -0.952. The average molecular weight is 348 g/mol. The molecule has 9 heteroatoms. The fourth-order valence-corrected chi connectivity index (χ4v) is 2.25. The Morgan fingerprint density at radius 1 is 0.667 bits per heavy atom. The molecule has 3 N–H and O–H groups in total. The van der Waals surface area contributed by atoms with Gasteiger partial charge in [-0.05, 0) is 20.8 Å². The normalized spacial score (nSPS) is 27.5. The molecule has 1 aliphatic carbocycles. The van der Waals surface area contributed by atoms with Gasteiger partial charge in [0.15, 0.2) is 0 Å². The van der Waals surface area contributed by atoms with Gasteiger partial charge in [-0.3, -0.25) is 0 Å². The molecule has 0 saturated heterocycles. The first-order valence-electron chi connectivity index (χ1n) is 7.75. The van der Waals surface area contributed by atoms with Crippen LogP contribution in [0.1, 0.15) is 40.0 Å². The first-order valence-corrected chi connectivity index (χ1v) is 7.75. The van der Waals surface area contributed by atoms with Crippen molar-refractivity contribution in [3.05, 3.63) is 0 Å². The van der Waals surface area contributed by atoms with E-state index >= 15 is 0 Å². The summed E-state index contributed by atoms with van der Waals surface area (Å²) < 4.78 is 15.3. The summed E-state index contributed by atoms with van der Waals surface area (Å²) in [7, 11) is 0. The van der Waals surface area contributed by atoms with Crippen LogP contribution in [0.5, 0.6) is 0 Å². The second-order valence-electron chi connectivity index (χ2n) is 5.91. The van der Waals surface area contributed by atoms with Crippen molar-refractivity contribution >= 4 is 17.9 Å². The number of aliphatic hydroxyl groups is 3. The van der Waals surface area contributed by atoms with Gasteiger partial charge < -0.3 is 29.5 Å². The molecule has 24 heavy (non-hydrogen) atoms. The summed E-state index contributed by atoms with van der Waals surface area (Å²) in [5.74, 6) is -2.53. The zero-order valence-corrected chi connectivity index (χ0v) is 13.9. The van der Waals surface area contributed by atoms with Crippen LogP contribution >= 0.6 is 0 Å². The number of hydrogen-bond donors (Lipinski definition) is 3. The molecular weight excluding hydrogens is 324 g/mol. The molecule has 0 aliphatic heterocycles. The van der Waals surface area contributed by atoms with Crippen molar-refractivity contribution in [2.45, 2.75) is 76.7 Å². The summed E-state index contributed by atoms with van der Waals surface area (Å²) in [5, 5.41) is 27.6. The van der Waals surface area contributed by atoms with Crippen molar-refractivity contribution < 1.29 is 43.9 Å². The molecule has 0 spiro atoms. The van der Waals surface area contributed by atoms with Gasteiger partial charge in [0, 0.05) is 19.3 Å². The summed E-state index contributed by atoms with van der Waals surface area (Å²) in [5.41, 5.74) is 0. The van der Waals surface area contributed by atoms with E-state index in [1.54, 1.807) is 0 Å². The highest BCUT2D eigenvalue weighted by Gasteiger charge is 2.36. The molecular formula is C15H24O9. The topological polar surface area (TPSA) is 140 Å². The summed E-state index contributed by atoms with van der Waals surface area (Å²) in [6, 6.07) is 0. The highest BCUT2D eigenvalue weighted by molar-refractivity contribution is 5.75. The Bertz CT molecular complexity index is 385. The van der Waals surface area contributed by atoms with Crippen molar-refractivity contribution in [3.63, 3.8) is 0 Å². The SMILES string of the molecule is CC(O)C(=O)OC1CC(OC(=O)C(C)O)CC(OC(=O)C(C)O)C1. The number of ether oxygens (including phenoxy) is 3. The van der Waals surface area contributed by atoms with Crippen molar-refractivity contribution in [1.82, 2.24) is 0 Å². The quantitative estimate of drug-likeness (QED) is 0.409. The Kier molecular flexibility index (Phi) is 7.59. The monoisotopic (exact) mass is 348 g/mol. The minimum absolute atomic E-state index is 0.152. The highest BCUT2D eigenvalue weighted by atomic mass is 16.6. The molecule has 0 amide bonds. The number of hydrogen-bond acceptors (Lipinski definition) is 9. The maximum atomic E-state index is 11.5. The number of aliphatic hydroxyl groups excluding tert-OH is 3. The second kappa shape index (κ2) is 8.95. The lowest BCUT2D eigenvalue weighted by molar-refractivity contribution is -0.179. The smallest absolute Gasteiger partial charge is 0.334 e. The molecule has 0 aromatic rings. The molecule has 1 rings (SSSR count).